The van der Waals surface area contributed by atoms with Crippen LogP contribution in [0.1, 0.15) is 17.3 Å². The summed E-state index contributed by atoms with van der Waals surface area (Å²) in [6.45, 7) is 2.15. The molecule has 0 atom stereocenters. The Labute approximate surface area is 107 Å². The van der Waals surface area contributed by atoms with Crippen molar-refractivity contribution < 1.29 is 17.7 Å². The molecule has 1 aromatic heterocycles. The first-order valence-corrected chi connectivity index (χ1v) is 5.61. The summed E-state index contributed by atoms with van der Waals surface area (Å²) < 4.78 is 41.0. The third-order valence-electron chi connectivity index (χ3n) is 2.36. The summed E-state index contributed by atoms with van der Waals surface area (Å²) in [5.41, 5.74) is 1.96. The summed E-state index contributed by atoms with van der Waals surface area (Å²) in [5.74, 6) is -0.229. The standard InChI is InChI=1S/C12H12F3N3O/c1-8-2-4-9(5-3-8)16-7-11-17-10(18-19-11)6-12(13,14)15/h2-5,16H,6-7H2,1H3. The first kappa shape index (κ1) is 13.4. The molecule has 0 spiro atoms. The zero-order valence-electron chi connectivity index (χ0n) is 10.2. The molecule has 1 N–H and O–H groups in total. The van der Waals surface area contributed by atoms with Crippen molar-refractivity contribution in [1.82, 2.24) is 10.1 Å². The monoisotopic (exact) mass is 271 g/mol. The van der Waals surface area contributed by atoms with Crippen LogP contribution < -0.4 is 5.32 Å². The zero-order valence-corrected chi connectivity index (χ0v) is 10.2. The quantitative estimate of drug-likeness (QED) is 0.928. The van der Waals surface area contributed by atoms with Crippen molar-refractivity contribution in [2.75, 3.05) is 5.32 Å². The van der Waals surface area contributed by atoms with E-state index in [0.29, 0.717) is 0 Å². The number of hydrogen-bond acceptors (Lipinski definition) is 4. The number of halogens is 3. The molecule has 0 bridgehead atoms. The Hall–Kier alpha value is -2.05. The summed E-state index contributed by atoms with van der Waals surface area (Å²) in [5, 5.41) is 6.27. The minimum atomic E-state index is -4.33. The Morgan fingerprint density at radius 3 is 2.53 bits per heavy atom. The maximum atomic E-state index is 12.1. The first-order valence-electron chi connectivity index (χ1n) is 5.61. The van der Waals surface area contributed by atoms with Crippen LogP contribution in [0.25, 0.3) is 0 Å². The van der Waals surface area contributed by atoms with E-state index in [4.69, 9.17) is 4.52 Å². The number of rotatable bonds is 4. The van der Waals surface area contributed by atoms with Crippen LogP contribution >= 0.6 is 0 Å². The highest BCUT2D eigenvalue weighted by atomic mass is 19.4. The normalized spacial score (nSPS) is 11.6. The Morgan fingerprint density at radius 2 is 1.89 bits per heavy atom. The van der Waals surface area contributed by atoms with Gasteiger partial charge < -0.3 is 9.84 Å². The van der Waals surface area contributed by atoms with Gasteiger partial charge in [-0.25, -0.2) is 0 Å². The molecule has 4 nitrogen and oxygen atoms in total. The van der Waals surface area contributed by atoms with Gasteiger partial charge in [-0.1, -0.05) is 22.9 Å². The molecule has 2 aromatic rings. The van der Waals surface area contributed by atoms with Crippen LogP contribution in [0.3, 0.4) is 0 Å². The molecule has 0 saturated carbocycles. The third-order valence-corrected chi connectivity index (χ3v) is 2.36. The molecule has 2 rings (SSSR count). The fourth-order valence-corrected chi connectivity index (χ4v) is 1.46. The Bertz CT molecular complexity index is 534. The highest BCUT2D eigenvalue weighted by Crippen LogP contribution is 2.19. The van der Waals surface area contributed by atoms with E-state index in [-0.39, 0.29) is 18.3 Å². The van der Waals surface area contributed by atoms with Crippen molar-refractivity contribution >= 4 is 5.69 Å². The van der Waals surface area contributed by atoms with E-state index in [2.05, 4.69) is 15.5 Å². The van der Waals surface area contributed by atoms with Gasteiger partial charge in [0, 0.05) is 5.69 Å². The highest BCUT2D eigenvalue weighted by molar-refractivity contribution is 5.44. The van der Waals surface area contributed by atoms with Crippen LogP contribution in [0.4, 0.5) is 18.9 Å². The van der Waals surface area contributed by atoms with Crippen LogP contribution in [-0.4, -0.2) is 16.3 Å². The summed E-state index contributed by atoms with van der Waals surface area (Å²) >= 11 is 0. The largest absolute Gasteiger partial charge is 0.396 e. The molecule has 0 unspecified atom stereocenters. The zero-order chi connectivity index (χ0) is 13.9. The minimum absolute atomic E-state index is 0.125. The molecule has 0 fully saturated rings. The lowest BCUT2D eigenvalue weighted by Crippen LogP contribution is -2.12. The van der Waals surface area contributed by atoms with E-state index in [1.54, 1.807) is 0 Å². The molecule has 0 aliphatic carbocycles. The van der Waals surface area contributed by atoms with Crippen molar-refractivity contribution in [1.29, 1.82) is 0 Å². The summed E-state index contributed by atoms with van der Waals surface area (Å²) in [6.07, 6.45) is -5.51. The molecule has 0 amide bonds. The van der Waals surface area contributed by atoms with Gasteiger partial charge in [0.2, 0.25) is 5.89 Å². The second kappa shape index (κ2) is 5.29. The van der Waals surface area contributed by atoms with E-state index < -0.39 is 12.6 Å². The number of benzene rings is 1. The van der Waals surface area contributed by atoms with Crippen LogP contribution in [0.2, 0.25) is 0 Å². The van der Waals surface area contributed by atoms with Crippen molar-refractivity contribution in [3.05, 3.63) is 41.5 Å². The fourth-order valence-electron chi connectivity index (χ4n) is 1.46. The second-order valence-corrected chi connectivity index (χ2v) is 4.12. The predicted molar refractivity (Wildman–Crippen MR) is 62.6 cm³/mol. The molecule has 0 radical (unpaired) electrons. The van der Waals surface area contributed by atoms with Gasteiger partial charge in [0.25, 0.3) is 0 Å². The molecule has 7 heteroatoms. The molecule has 19 heavy (non-hydrogen) atoms. The van der Waals surface area contributed by atoms with Gasteiger partial charge in [-0.05, 0) is 19.1 Å². The van der Waals surface area contributed by atoms with Gasteiger partial charge in [-0.15, -0.1) is 0 Å². The minimum Gasteiger partial charge on any atom is -0.376 e. The van der Waals surface area contributed by atoms with Gasteiger partial charge in [0.1, 0.15) is 6.42 Å². The molecular weight excluding hydrogens is 259 g/mol. The third kappa shape index (κ3) is 4.27. The number of nitrogens with zero attached hydrogens (tertiary/aromatic N) is 2. The number of aromatic nitrogens is 2. The van der Waals surface area contributed by atoms with Crippen molar-refractivity contribution in [3.8, 4) is 0 Å². The van der Waals surface area contributed by atoms with Crippen molar-refractivity contribution in [3.63, 3.8) is 0 Å². The van der Waals surface area contributed by atoms with Gasteiger partial charge in [-0.3, -0.25) is 0 Å². The molecule has 0 aliphatic rings. The predicted octanol–water partition coefficient (Wildman–Crippen LogP) is 3.09. The van der Waals surface area contributed by atoms with E-state index in [9.17, 15) is 13.2 Å². The van der Waals surface area contributed by atoms with Crippen LogP contribution in [0.5, 0.6) is 0 Å². The molecule has 0 aliphatic heterocycles. The highest BCUT2D eigenvalue weighted by Gasteiger charge is 2.30. The molecular formula is C12H12F3N3O. The van der Waals surface area contributed by atoms with Crippen LogP contribution in [0, 0.1) is 6.92 Å². The number of anilines is 1. The van der Waals surface area contributed by atoms with Gasteiger partial charge in [-0.2, -0.15) is 18.2 Å². The average Bonchev–Trinajstić information content (AvgIpc) is 2.73. The lowest BCUT2D eigenvalue weighted by molar-refractivity contribution is -0.128. The van der Waals surface area contributed by atoms with E-state index in [0.717, 1.165) is 11.3 Å². The SMILES string of the molecule is Cc1ccc(NCc2nc(CC(F)(F)F)no2)cc1. The maximum absolute atomic E-state index is 12.1. The lowest BCUT2D eigenvalue weighted by Gasteiger charge is -2.03. The van der Waals surface area contributed by atoms with E-state index in [1.165, 1.54) is 0 Å². The second-order valence-electron chi connectivity index (χ2n) is 4.12. The maximum Gasteiger partial charge on any atom is 0.396 e. The van der Waals surface area contributed by atoms with Crippen LogP contribution in [0.15, 0.2) is 28.8 Å². The lowest BCUT2D eigenvalue weighted by atomic mass is 10.2. The van der Waals surface area contributed by atoms with Gasteiger partial charge >= 0.3 is 6.18 Å². The van der Waals surface area contributed by atoms with E-state index in [1.807, 2.05) is 31.2 Å². The van der Waals surface area contributed by atoms with Gasteiger partial charge in [0.05, 0.1) is 6.54 Å². The molecule has 1 heterocycles. The Morgan fingerprint density at radius 1 is 1.21 bits per heavy atom. The fraction of sp³-hybridized carbons (Fsp3) is 0.333. The van der Waals surface area contributed by atoms with Crippen LogP contribution in [-0.2, 0) is 13.0 Å². The molecule has 102 valence electrons. The summed E-state index contributed by atoms with van der Waals surface area (Å²) in [6, 6.07) is 7.57. The Balaban J connectivity index is 1.91. The number of aryl methyl sites for hydroxylation is 1. The Kier molecular flexibility index (Phi) is 3.73. The van der Waals surface area contributed by atoms with Crippen molar-refractivity contribution in [2.45, 2.75) is 26.1 Å². The van der Waals surface area contributed by atoms with E-state index >= 15 is 0 Å². The number of hydrogen-bond donors (Lipinski definition) is 1. The van der Waals surface area contributed by atoms with Crippen molar-refractivity contribution in [2.24, 2.45) is 0 Å². The topological polar surface area (TPSA) is 51.0 Å². The number of nitrogens with one attached hydrogen (secondary N) is 1. The first-order chi connectivity index (χ1) is 8.92. The molecule has 0 saturated heterocycles. The number of alkyl halides is 3. The molecule has 1 aromatic carbocycles. The summed E-state index contributed by atoms with van der Waals surface area (Å²) in [4.78, 5) is 3.67. The smallest absolute Gasteiger partial charge is 0.376 e. The summed E-state index contributed by atoms with van der Waals surface area (Å²) in [7, 11) is 0. The average molecular weight is 271 g/mol. The van der Waals surface area contributed by atoms with Gasteiger partial charge in [0.15, 0.2) is 5.82 Å².